The number of aromatic nitrogens is 1. The molecule has 0 fully saturated rings. The summed E-state index contributed by atoms with van der Waals surface area (Å²) < 4.78 is 3.91. The number of nitrogens with zero attached hydrogens (tertiary/aromatic N) is 4. The molecule has 0 N–H and O–H groups in total. The minimum absolute atomic E-state index is 1.02. The summed E-state index contributed by atoms with van der Waals surface area (Å²) in [6.07, 6.45) is 10.5. The second kappa shape index (κ2) is 16.1. The standard InChI is InChI=1S/C32H51N4S/c1-6-11-13-15-21-36(22-16-14-12-7-2)28-18-20-30-32(26-28)37-31-25-27(17-19-29(31)33-30)35(10-5)24-23-34(8-3)9-4/h17-20,25-26H,6-16,21-24H2,1-5H3/q+1. The Morgan fingerprint density at radius 3 is 2.05 bits per heavy atom. The van der Waals surface area contributed by atoms with E-state index in [1.807, 2.05) is 11.3 Å². The third-order valence-electron chi connectivity index (χ3n) is 7.60. The molecule has 1 heterocycles. The van der Waals surface area contributed by atoms with E-state index in [0.717, 1.165) is 57.0 Å². The second-order valence-electron chi connectivity index (χ2n) is 10.2. The molecule has 0 saturated carbocycles. The normalized spacial score (nSPS) is 11.6. The third-order valence-corrected chi connectivity index (χ3v) is 8.70. The lowest BCUT2D eigenvalue weighted by atomic mass is 10.1. The summed E-state index contributed by atoms with van der Waals surface area (Å²) in [5.41, 5.74) is 3.52. The van der Waals surface area contributed by atoms with Crippen molar-refractivity contribution in [2.75, 3.05) is 50.7 Å². The lowest BCUT2D eigenvalue weighted by molar-refractivity contribution is 0.310. The molecule has 0 aromatic heterocycles. The van der Waals surface area contributed by atoms with Gasteiger partial charge < -0.3 is 9.80 Å². The van der Waals surface area contributed by atoms with Gasteiger partial charge in [0.25, 0.3) is 0 Å². The summed E-state index contributed by atoms with van der Waals surface area (Å²) in [4.78, 5) is 11.3. The van der Waals surface area contributed by atoms with Gasteiger partial charge in [0.15, 0.2) is 0 Å². The number of benzene rings is 2. The number of unbranched alkanes of at least 4 members (excludes halogenated alkanes) is 6. The molecular weight excluding hydrogens is 472 g/mol. The van der Waals surface area contributed by atoms with Crippen molar-refractivity contribution in [2.24, 2.45) is 0 Å². The van der Waals surface area contributed by atoms with Crippen molar-refractivity contribution in [2.45, 2.75) is 86.0 Å². The van der Waals surface area contributed by atoms with Crippen molar-refractivity contribution >= 4 is 27.2 Å². The van der Waals surface area contributed by atoms with Gasteiger partial charge in [-0.15, -0.1) is 11.3 Å². The van der Waals surface area contributed by atoms with Crippen molar-refractivity contribution in [3.63, 3.8) is 0 Å². The summed E-state index contributed by atoms with van der Waals surface area (Å²) in [6.45, 7) is 19.1. The largest absolute Gasteiger partial charge is 0.370 e. The zero-order chi connectivity index (χ0) is 26.5. The minimum Gasteiger partial charge on any atom is -0.370 e. The monoisotopic (exact) mass is 523 g/mol. The molecule has 1 aromatic rings. The van der Waals surface area contributed by atoms with E-state index < -0.39 is 0 Å². The number of hydrogen-bond acceptors (Lipinski definition) is 4. The van der Waals surface area contributed by atoms with Crippen LogP contribution < -0.4 is 14.8 Å². The van der Waals surface area contributed by atoms with Crippen molar-refractivity contribution in [1.29, 1.82) is 0 Å². The molecule has 2 aliphatic rings. The molecule has 0 amide bonds. The lowest BCUT2D eigenvalue weighted by Crippen LogP contribution is -2.35. The van der Waals surface area contributed by atoms with Crippen LogP contribution in [0.15, 0.2) is 36.4 Å². The molecule has 204 valence electrons. The highest BCUT2D eigenvalue weighted by atomic mass is 32.1. The van der Waals surface area contributed by atoms with Crippen molar-refractivity contribution in [1.82, 2.24) is 14.5 Å². The van der Waals surface area contributed by atoms with Gasteiger partial charge in [-0.25, -0.2) is 9.56 Å². The summed E-state index contributed by atoms with van der Waals surface area (Å²) in [7, 11) is 0. The van der Waals surface area contributed by atoms with Crippen LogP contribution in [0.25, 0.3) is 20.8 Å². The second-order valence-corrected chi connectivity index (χ2v) is 11.3. The topological polar surface area (TPSA) is 22.4 Å². The number of likely N-dealkylation sites (N-methyl/N-ethyl adjacent to an activating group) is 2. The molecule has 0 unspecified atom stereocenters. The Balaban J connectivity index is 1.91. The SMILES string of the molecule is CCCCCC[N+](CCCCCC)=c1ccc2nc3ccc(N(CC)CCN(CC)CC)cc3sc-2c1. The summed E-state index contributed by atoms with van der Waals surface area (Å²) in [6, 6.07) is 13.8. The highest BCUT2D eigenvalue weighted by molar-refractivity contribution is 7.21. The summed E-state index contributed by atoms with van der Waals surface area (Å²) >= 11 is 1.90. The van der Waals surface area contributed by atoms with E-state index in [0.29, 0.717) is 0 Å². The van der Waals surface area contributed by atoms with Crippen molar-refractivity contribution < 1.29 is 0 Å². The Labute approximate surface area is 230 Å². The predicted molar refractivity (Wildman–Crippen MR) is 165 cm³/mol. The maximum absolute atomic E-state index is 5.04. The average Bonchev–Trinajstić information content (AvgIpc) is 2.93. The molecule has 0 spiro atoms. The molecule has 1 aliphatic heterocycles. The molecular formula is C32H51N4S+. The summed E-state index contributed by atoms with van der Waals surface area (Å²) in [5, 5.41) is 1.36. The number of anilines is 1. The first kappa shape index (κ1) is 29.6. The number of fused-ring (bicyclic) bond motifs is 2. The van der Waals surface area contributed by atoms with E-state index in [4.69, 9.17) is 4.98 Å². The minimum atomic E-state index is 1.02. The molecule has 0 bridgehead atoms. The quantitative estimate of drug-likeness (QED) is 0.104. The maximum atomic E-state index is 5.04. The Kier molecular flexibility index (Phi) is 12.9. The first-order valence-corrected chi connectivity index (χ1v) is 15.8. The van der Waals surface area contributed by atoms with E-state index in [9.17, 15) is 0 Å². The van der Waals surface area contributed by atoms with E-state index in [1.165, 1.54) is 72.0 Å². The number of hydrogen-bond donors (Lipinski definition) is 0. The lowest BCUT2D eigenvalue weighted by Gasteiger charge is -2.27. The molecule has 0 radical (unpaired) electrons. The highest BCUT2D eigenvalue weighted by Gasteiger charge is 2.14. The van der Waals surface area contributed by atoms with Gasteiger partial charge in [-0.2, -0.15) is 0 Å². The predicted octanol–water partition coefficient (Wildman–Crippen LogP) is 7.50. The molecule has 4 nitrogen and oxygen atoms in total. The van der Waals surface area contributed by atoms with E-state index in [1.54, 1.807) is 0 Å². The number of rotatable bonds is 17. The van der Waals surface area contributed by atoms with Gasteiger partial charge in [0.1, 0.15) is 13.1 Å². The Bertz CT molecular complexity index is 1090. The maximum Gasteiger partial charge on any atom is 0.201 e. The van der Waals surface area contributed by atoms with Gasteiger partial charge in [-0.05, 0) is 57.1 Å². The zero-order valence-electron chi connectivity index (χ0n) is 24.3. The molecule has 1 aliphatic carbocycles. The van der Waals surface area contributed by atoms with Gasteiger partial charge in [0, 0.05) is 50.3 Å². The Morgan fingerprint density at radius 1 is 0.730 bits per heavy atom. The van der Waals surface area contributed by atoms with Crippen LogP contribution >= 0.6 is 11.3 Å². The highest BCUT2D eigenvalue weighted by Crippen LogP contribution is 2.32. The van der Waals surface area contributed by atoms with E-state index >= 15 is 0 Å². The van der Waals surface area contributed by atoms with Crippen LogP contribution in [0.4, 0.5) is 5.69 Å². The molecule has 0 saturated heterocycles. The fraction of sp³-hybridized carbons (Fsp3) is 0.625. The fourth-order valence-electron chi connectivity index (χ4n) is 5.10. The van der Waals surface area contributed by atoms with Gasteiger partial charge in [0.05, 0.1) is 20.8 Å². The van der Waals surface area contributed by atoms with Gasteiger partial charge in [0.2, 0.25) is 5.36 Å². The Hall–Kier alpha value is -1.98. The van der Waals surface area contributed by atoms with Crippen molar-refractivity contribution in [3.05, 3.63) is 41.8 Å². The van der Waals surface area contributed by atoms with Crippen LogP contribution in [0.5, 0.6) is 0 Å². The molecule has 37 heavy (non-hydrogen) atoms. The van der Waals surface area contributed by atoms with Crippen LogP contribution in [-0.2, 0) is 0 Å². The first-order valence-electron chi connectivity index (χ1n) is 15.0. The van der Waals surface area contributed by atoms with Gasteiger partial charge in [-0.1, -0.05) is 53.4 Å². The van der Waals surface area contributed by atoms with Gasteiger partial charge in [-0.3, -0.25) is 0 Å². The van der Waals surface area contributed by atoms with Crippen LogP contribution in [-0.4, -0.2) is 55.7 Å². The molecule has 0 atom stereocenters. The fourth-order valence-corrected chi connectivity index (χ4v) is 6.13. The average molecular weight is 524 g/mol. The summed E-state index contributed by atoms with van der Waals surface area (Å²) in [5.74, 6) is 0. The van der Waals surface area contributed by atoms with Crippen LogP contribution in [0.1, 0.15) is 86.0 Å². The third kappa shape index (κ3) is 8.78. The van der Waals surface area contributed by atoms with E-state index in [-0.39, 0.29) is 0 Å². The smallest absolute Gasteiger partial charge is 0.201 e. The van der Waals surface area contributed by atoms with Crippen LogP contribution in [0.2, 0.25) is 0 Å². The molecule has 5 heteroatoms. The van der Waals surface area contributed by atoms with Crippen LogP contribution in [0, 0.1) is 0 Å². The first-order chi connectivity index (χ1) is 18.1. The molecule has 1 aromatic carbocycles. The zero-order valence-corrected chi connectivity index (χ0v) is 25.1. The Morgan fingerprint density at radius 2 is 1.43 bits per heavy atom. The van der Waals surface area contributed by atoms with E-state index in [2.05, 4.69) is 85.4 Å². The van der Waals surface area contributed by atoms with Crippen molar-refractivity contribution in [3.8, 4) is 10.6 Å². The molecule has 3 rings (SSSR count). The van der Waals surface area contributed by atoms with Crippen LogP contribution in [0.3, 0.4) is 0 Å². The van der Waals surface area contributed by atoms with Gasteiger partial charge >= 0.3 is 0 Å².